The maximum atomic E-state index is 13.4. The van der Waals surface area contributed by atoms with Gasteiger partial charge in [-0.15, -0.1) is 0 Å². The van der Waals surface area contributed by atoms with Crippen LogP contribution in [0.25, 0.3) is 0 Å². The van der Waals surface area contributed by atoms with E-state index in [4.69, 9.17) is 0 Å². The maximum absolute atomic E-state index is 13.4. The number of alkyl halides is 3. The second-order valence-corrected chi connectivity index (χ2v) is 6.17. The van der Waals surface area contributed by atoms with Gasteiger partial charge in [0.25, 0.3) is 5.91 Å². The molecule has 0 saturated carbocycles. The number of nitro benzene ring substituents is 1. The molecule has 30 heavy (non-hydrogen) atoms. The van der Waals surface area contributed by atoms with Crippen LogP contribution in [-0.2, 0) is 22.2 Å². The summed E-state index contributed by atoms with van der Waals surface area (Å²) >= 11 is 0. The Balaban J connectivity index is 2.14. The smallest absolute Gasteiger partial charge is 0.416 e. The number of nitrogens with zero attached hydrogens (tertiary/aromatic N) is 1. The van der Waals surface area contributed by atoms with Gasteiger partial charge in [0.05, 0.1) is 10.5 Å². The summed E-state index contributed by atoms with van der Waals surface area (Å²) < 4.78 is 51.1. The number of carbonyl (C=O) groups is 2. The van der Waals surface area contributed by atoms with E-state index >= 15 is 0 Å². The number of nitrogens with one attached hydrogen (secondary N) is 1. The topological polar surface area (TPSA) is 130 Å². The van der Waals surface area contributed by atoms with Crippen LogP contribution >= 0.6 is 0 Å². The Morgan fingerprint density at radius 3 is 2.23 bits per heavy atom. The summed E-state index contributed by atoms with van der Waals surface area (Å²) in [5.41, 5.74) is -2.06. The number of hydrogen-bond acceptors (Lipinski definition) is 5. The van der Waals surface area contributed by atoms with Gasteiger partial charge in [0.1, 0.15) is 6.04 Å². The lowest BCUT2D eigenvalue weighted by Gasteiger charge is -2.18. The molecule has 0 spiro atoms. The fraction of sp³-hybridized carbons (Fsp3) is 0.222. The highest BCUT2D eigenvalue weighted by Crippen LogP contribution is 2.30. The van der Waals surface area contributed by atoms with Crippen molar-refractivity contribution >= 4 is 17.6 Å². The summed E-state index contributed by atoms with van der Waals surface area (Å²) in [4.78, 5) is 33.3. The van der Waals surface area contributed by atoms with Crippen molar-refractivity contribution in [3.63, 3.8) is 0 Å². The Morgan fingerprint density at radius 2 is 1.73 bits per heavy atom. The van der Waals surface area contributed by atoms with Gasteiger partial charge in [0.2, 0.25) is 5.82 Å². The highest BCUT2D eigenvalue weighted by Gasteiger charge is 2.31. The fourth-order valence-corrected chi connectivity index (χ4v) is 2.52. The number of nitro groups is 1. The van der Waals surface area contributed by atoms with E-state index in [2.05, 4.69) is 0 Å². The van der Waals surface area contributed by atoms with Gasteiger partial charge in [0, 0.05) is 12.5 Å². The highest BCUT2D eigenvalue weighted by atomic mass is 19.4. The van der Waals surface area contributed by atoms with Crippen molar-refractivity contribution in [1.29, 1.82) is 0 Å². The van der Waals surface area contributed by atoms with Crippen molar-refractivity contribution in [2.75, 3.05) is 0 Å². The number of carbonyl (C=O) groups excluding carboxylic acids is 1. The van der Waals surface area contributed by atoms with Crippen LogP contribution in [0, 0.1) is 15.9 Å². The molecule has 2 atom stereocenters. The molecule has 2 aromatic carbocycles. The molecule has 0 aliphatic heterocycles. The van der Waals surface area contributed by atoms with Crippen LogP contribution in [0.3, 0.4) is 0 Å². The first-order chi connectivity index (χ1) is 13.9. The molecule has 160 valence electrons. The largest absolute Gasteiger partial charge is 0.480 e. The zero-order valence-corrected chi connectivity index (χ0v) is 14.9. The molecule has 12 heteroatoms. The molecule has 2 rings (SSSR count). The Morgan fingerprint density at radius 1 is 1.13 bits per heavy atom. The summed E-state index contributed by atoms with van der Waals surface area (Å²) in [5.74, 6) is -3.88. The second kappa shape index (κ2) is 8.86. The molecule has 0 aliphatic carbocycles. The minimum atomic E-state index is -4.61. The third-order valence-electron chi connectivity index (χ3n) is 4.06. The SMILES string of the molecule is O=C(N[C@H](Cc1ccc(F)c([N+](=O)[O-])c1)C(=O)O)[C@@H](O)c1ccc(C(F)(F)F)cc1. The number of halogens is 4. The van der Waals surface area contributed by atoms with E-state index in [9.17, 15) is 47.5 Å². The van der Waals surface area contributed by atoms with Crippen molar-refractivity contribution in [3.05, 3.63) is 75.1 Å². The van der Waals surface area contributed by atoms with Crippen molar-refractivity contribution in [2.24, 2.45) is 0 Å². The maximum Gasteiger partial charge on any atom is 0.416 e. The summed E-state index contributed by atoms with van der Waals surface area (Å²) in [6.45, 7) is 0. The quantitative estimate of drug-likeness (QED) is 0.352. The molecule has 2 aromatic rings. The van der Waals surface area contributed by atoms with Crippen LogP contribution in [0.15, 0.2) is 42.5 Å². The lowest BCUT2D eigenvalue weighted by molar-refractivity contribution is -0.387. The Kier molecular flexibility index (Phi) is 6.72. The summed E-state index contributed by atoms with van der Waals surface area (Å²) in [6, 6.07) is 4.06. The molecule has 0 aromatic heterocycles. The number of amides is 1. The first-order valence-electron chi connectivity index (χ1n) is 8.21. The zero-order chi connectivity index (χ0) is 22.6. The minimum Gasteiger partial charge on any atom is -0.480 e. The normalized spacial score (nSPS) is 13.4. The molecular formula is C18H14F4N2O6. The van der Waals surface area contributed by atoms with Crippen LogP contribution in [0.1, 0.15) is 22.8 Å². The average Bonchev–Trinajstić information content (AvgIpc) is 2.67. The van der Waals surface area contributed by atoms with Crippen LogP contribution in [-0.4, -0.2) is 33.1 Å². The Labute approximate surface area is 165 Å². The monoisotopic (exact) mass is 430 g/mol. The van der Waals surface area contributed by atoms with Gasteiger partial charge in [-0.25, -0.2) is 4.79 Å². The predicted octanol–water partition coefficient (Wildman–Crippen LogP) is 2.60. The van der Waals surface area contributed by atoms with Gasteiger partial charge in [-0.05, 0) is 29.3 Å². The summed E-state index contributed by atoms with van der Waals surface area (Å²) in [6.07, 6.45) is -7.04. The van der Waals surface area contributed by atoms with Gasteiger partial charge in [0.15, 0.2) is 6.10 Å². The van der Waals surface area contributed by atoms with Gasteiger partial charge in [-0.2, -0.15) is 17.6 Å². The molecule has 0 fully saturated rings. The molecule has 0 unspecified atom stereocenters. The van der Waals surface area contributed by atoms with Gasteiger partial charge < -0.3 is 15.5 Å². The van der Waals surface area contributed by atoms with Gasteiger partial charge in [-0.3, -0.25) is 14.9 Å². The molecule has 0 bridgehead atoms. The molecule has 0 aliphatic rings. The third kappa shape index (κ3) is 5.50. The van der Waals surface area contributed by atoms with Crippen molar-refractivity contribution in [2.45, 2.75) is 24.7 Å². The second-order valence-electron chi connectivity index (χ2n) is 6.17. The molecular weight excluding hydrogens is 416 g/mol. The van der Waals surface area contributed by atoms with E-state index in [1.54, 1.807) is 0 Å². The van der Waals surface area contributed by atoms with Gasteiger partial charge in [-0.1, -0.05) is 18.2 Å². The van der Waals surface area contributed by atoms with Crippen LogP contribution in [0.5, 0.6) is 0 Å². The van der Waals surface area contributed by atoms with Crippen molar-refractivity contribution in [1.82, 2.24) is 5.32 Å². The van der Waals surface area contributed by atoms with E-state index in [1.807, 2.05) is 5.32 Å². The molecule has 0 heterocycles. The summed E-state index contributed by atoms with van der Waals surface area (Å²) in [5, 5.41) is 32.0. The van der Waals surface area contributed by atoms with E-state index in [1.165, 1.54) is 0 Å². The van der Waals surface area contributed by atoms with E-state index in [0.29, 0.717) is 12.1 Å². The Bertz CT molecular complexity index is 962. The number of aliphatic carboxylic acids is 1. The van der Waals surface area contributed by atoms with Gasteiger partial charge >= 0.3 is 17.8 Å². The first-order valence-corrected chi connectivity index (χ1v) is 8.21. The molecule has 1 amide bonds. The lowest BCUT2D eigenvalue weighted by atomic mass is 10.0. The van der Waals surface area contributed by atoms with E-state index < -0.39 is 58.6 Å². The van der Waals surface area contributed by atoms with Crippen LogP contribution < -0.4 is 5.32 Å². The highest BCUT2D eigenvalue weighted by molar-refractivity contribution is 5.87. The number of aliphatic hydroxyl groups is 1. The van der Waals surface area contributed by atoms with E-state index in [0.717, 1.165) is 30.3 Å². The standard InChI is InChI=1S/C18H14F4N2O6/c19-12-6-1-9(8-14(12)24(29)30)7-13(17(27)28)23-16(26)15(25)10-2-4-11(5-3-10)18(20,21)22/h1-6,8,13,15,25H,7H2,(H,23,26)(H,27,28)/t13-,15+/m1/s1. The number of aliphatic hydroxyl groups excluding tert-OH is 1. The molecule has 3 N–H and O–H groups in total. The number of hydrogen-bond donors (Lipinski definition) is 3. The Hall–Kier alpha value is -3.54. The van der Waals surface area contributed by atoms with Crippen molar-refractivity contribution < 1.29 is 42.3 Å². The van der Waals surface area contributed by atoms with Crippen LogP contribution in [0.4, 0.5) is 23.2 Å². The molecule has 0 radical (unpaired) electrons. The first kappa shape index (κ1) is 22.7. The molecule has 0 saturated heterocycles. The fourth-order valence-electron chi connectivity index (χ4n) is 2.52. The third-order valence-corrected chi connectivity index (χ3v) is 4.06. The number of rotatable bonds is 7. The minimum absolute atomic E-state index is 0.0276. The summed E-state index contributed by atoms with van der Waals surface area (Å²) in [7, 11) is 0. The van der Waals surface area contributed by atoms with Crippen LogP contribution in [0.2, 0.25) is 0 Å². The number of benzene rings is 2. The number of carboxylic acids is 1. The molecule has 8 nitrogen and oxygen atoms in total. The zero-order valence-electron chi connectivity index (χ0n) is 14.9. The van der Waals surface area contributed by atoms with E-state index in [-0.39, 0.29) is 11.1 Å². The lowest BCUT2D eigenvalue weighted by Crippen LogP contribution is -2.44. The average molecular weight is 430 g/mol. The predicted molar refractivity (Wildman–Crippen MR) is 92.7 cm³/mol. The number of carboxylic acid groups (broad SMARTS) is 1. The van der Waals surface area contributed by atoms with Crippen molar-refractivity contribution in [3.8, 4) is 0 Å².